The maximum atomic E-state index is 11.6. The average Bonchev–Trinajstić information content (AvgIpc) is 2.61. The van der Waals surface area contributed by atoms with Gasteiger partial charge in [-0.2, -0.15) is 0 Å². The third kappa shape index (κ3) is 3.46. The highest BCUT2D eigenvalue weighted by Crippen LogP contribution is 2.59. The van der Waals surface area contributed by atoms with E-state index in [1.54, 1.807) is 6.92 Å². The summed E-state index contributed by atoms with van der Waals surface area (Å²) in [4.78, 5) is 11.6. The van der Waals surface area contributed by atoms with Gasteiger partial charge in [-0.3, -0.25) is 4.79 Å². The summed E-state index contributed by atoms with van der Waals surface area (Å²) in [5, 5.41) is 0. The van der Waals surface area contributed by atoms with Crippen LogP contribution in [0.25, 0.3) is 0 Å². The van der Waals surface area contributed by atoms with Crippen molar-refractivity contribution in [1.82, 2.24) is 0 Å². The molecule has 1 aromatic rings. The van der Waals surface area contributed by atoms with Gasteiger partial charge in [0.15, 0.2) is 5.78 Å². The minimum Gasteiger partial charge on any atom is -0.295 e. The van der Waals surface area contributed by atoms with Gasteiger partial charge >= 0.3 is 0 Å². The van der Waals surface area contributed by atoms with Gasteiger partial charge in [0.25, 0.3) is 0 Å². The van der Waals surface area contributed by atoms with Crippen molar-refractivity contribution in [2.45, 2.75) is 90.4 Å². The molecule has 0 bridgehead atoms. The molecule has 2 aliphatic carbocycles. The first-order chi connectivity index (χ1) is 11.7. The van der Waals surface area contributed by atoms with Crippen molar-refractivity contribution in [3.63, 3.8) is 0 Å². The van der Waals surface area contributed by atoms with Gasteiger partial charge in [0, 0.05) is 5.56 Å². The van der Waals surface area contributed by atoms with Crippen molar-refractivity contribution in [2.24, 2.45) is 11.3 Å². The molecule has 0 N–H and O–H groups in total. The highest BCUT2D eigenvalue weighted by atomic mass is 16.1. The Labute approximate surface area is 148 Å². The fourth-order valence-corrected chi connectivity index (χ4v) is 5.74. The van der Waals surface area contributed by atoms with Gasteiger partial charge in [0.05, 0.1) is 0 Å². The van der Waals surface area contributed by atoms with Crippen LogP contribution in [0.1, 0.15) is 106 Å². The Morgan fingerprint density at radius 3 is 2.50 bits per heavy atom. The normalized spacial score (nSPS) is 29.9. The van der Waals surface area contributed by atoms with Gasteiger partial charge in [-0.15, -0.1) is 0 Å². The number of ketones is 1. The number of unbranched alkanes of at least 4 members (excludes halogenated alkanes) is 2. The van der Waals surface area contributed by atoms with Gasteiger partial charge in [0.1, 0.15) is 0 Å². The van der Waals surface area contributed by atoms with Crippen LogP contribution in [0.15, 0.2) is 24.3 Å². The van der Waals surface area contributed by atoms with Crippen molar-refractivity contribution < 1.29 is 4.79 Å². The lowest BCUT2D eigenvalue weighted by Crippen LogP contribution is -2.42. The van der Waals surface area contributed by atoms with Crippen molar-refractivity contribution in [3.8, 4) is 0 Å². The molecule has 0 radical (unpaired) electrons. The van der Waals surface area contributed by atoms with E-state index in [1.807, 2.05) is 0 Å². The standard InChI is InChI=1S/C23H34O/c1-3-4-6-16-23-17-7-5-9-21(23)10-8-11-22(23)20-14-12-19(13-15-20)18(2)24/h12-15,21-22H,3-11,16-17H2,1-2H3/t21-,22?,23+/m1/s1. The summed E-state index contributed by atoms with van der Waals surface area (Å²) in [6.45, 7) is 3.98. The number of Topliss-reactive ketones (excluding diaryl/α,β-unsaturated/α-hetero) is 1. The Morgan fingerprint density at radius 1 is 1.04 bits per heavy atom. The lowest BCUT2D eigenvalue weighted by Gasteiger charge is -2.53. The molecule has 1 aromatic carbocycles. The fraction of sp³-hybridized carbons (Fsp3) is 0.696. The van der Waals surface area contributed by atoms with E-state index in [4.69, 9.17) is 0 Å². The lowest BCUT2D eigenvalue weighted by molar-refractivity contribution is 0.00976. The highest BCUT2D eigenvalue weighted by molar-refractivity contribution is 5.94. The summed E-state index contributed by atoms with van der Waals surface area (Å²) in [7, 11) is 0. The molecule has 1 nitrogen and oxygen atoms in total. The molecule has 2 fully saturated rings. The summed E-state index contributed by atoms with van der Waals surface area (Å²) in [6.07, 6.45) is 15.5. The summed E-state index contributed by atoms with van der Waals surface area (Å²) in [6, 6.07) is 8.65. The smallest absolute Gasteiger partial charge is 0.159 e. The van der Waals surface area contributed by atoms with E-state index >= 15 is 0 Å². The molecule has 1 heteroatoms. The third-order valence-corrected chi connectivity index (χ3v) is 6.96. The summed E-state index contributed by atoms with van der Waals surface area (Å²) < 4.78 is 0. The van der Waals surface area contributed by atoms with E-state index in [0.717, 1.165) is 17.4 Å². The van der Waals surface area contributed by atoms with Crippen LogP contribution in [0.4, 0.5) is 0 Å². The zero-order chi connectivity index (χ0) is 17.0. The summed E-state index contributed by atoms with van der Waals surface area (Å²) in [5.41, 5.74) is 2.90. The Kier molecular flexibility index (Phi) is 5.79. The second-order valence-electron chi connectivity index (χ2n) is 8.29. The third-order valence-electron chi connectivity index (χ3n) is 6.96. The number of rotatable bonds is 6. The molecule has 0 aliphatic heterocycles. The van der Waals surface area contributed by atoms with Crippen molar-refractivity contribution in [2.75, 3.05) is 0 Å². The average molecular weight is 327 g/mol. The molecule has 2 saturated carbocycles. The van der Waals surface area contributed by atoms with Crippen LogP contribution in [0.3, 0.4) is 0 Å². The van der Waals surface area contributed by atoms with E-state index in [2.05, 4.69) is 31.2 Å². The van der Waals surface area contributed by atoms with E-state index in [9.17, 15) is 4.79 Å². The SMILES string of the molecule is CCCCC[C@]12CCCC[C@@H]1CCCC2c1ccc(C(C)=O)cc1. The number of carbonyl (C=O) groups is 1. The molecule has 0 amide bonds. The van der Waals surface area contributed by atoms with Crippen LogP contribution in [0.2, 0.25) is 0 Å². The first-order valence-electron chi connectivity index (χ1n) is 10.3. The molecule has 2 aliphatic rings. The van der Waals surface area contributed by atoms with Gasteiger partial charge in [0.2, 0.25) is 0 Å². The second-order valence-corrected chi connectivity index (χ2v) is 8.29. The quantitative estimate of drug-likeness (QED) is 0.410. The van der Waals surface area contributed by atoms with Crippen LogP contribution < -0.4 is 0 Å². The topological polar surface area (TPSA) is 17.1 Å². The Bertz CT molecular complexity index is 542. The van der Waals surface area contributed by atoms with Crippen LogP contribution in [0.5, 0.6) is 0 Å². The molecule has 3 atom stereocenters. The monoisotopic (exact) mass is 326 g/mol. The van der Waals surface area contributed by atoms with Crippen LogP contribution >= 0.6 is 0 Å². The number of hydrogen-bond donors (Lipinski definition) is 0. The number of benzene rings is 1. The van der Waals surface area contributed by atoms with Crippen LogP contribution in [-0.2, 0) is 0 Å². The molecule has 0 heterocycles. The molecular formula is C23H34O. The Hall–Kier alpha value is -1.11. The van der Waals surface area contributed by atoms with Gasteiger partial charge in [-0.25, -0.2) is 0 Å². The minimum absolute atomic E-state index is 0.179. The highest BCUT2D eigenvalue weighted by Gasteiger charge is 2.48. The van der Waals surface area contributed by atoms with Gasteiger partial charge in [-0.1, -0.05) is 69.7 Å². The number of hydrogen-bond acceptors (Lipinski definition) is 1. The molecule has 0 aromatic heterocycles. The van der Waals surface area contributed by atoms with Gasteiger partial charge < -0.3 is 0 Å². The second kappa shape index (κ2) is 7.85. The van der Waals surface area contributed by atoms with E-state index in [1.165, 1.54) is 76.2 Å². The summed E-state index contributed by atoms with van der Waals surface area (Å²) in [5.74, 6) is 1.84. The minimum atomic E-state index is 0.179. The predicted octanol–water partition coefficient (Wildman–Crippen LogP) is 6.91. The maximum Gasteiger partial charge on any atom is 0.159 e. The van der Waals surface area contributed by atoms with Crippen LogP contribution in [0, 0.1) is 11.3 Å². The summed E-state index contributed by atoms with van der Waals surface area (Å²) >= 11 is 0. The molecule has 0 spiro atoms. The van der Waals surface area contributed by atoms with Crippen molar-refractivity contribution in [3.05, 3.63) is 35.4 Å². The molecule has 132 valence electrons. The molecular weight excluding hydrogens is 292 g/mol. The zero-order valence-electron chi connectivity index (χ0n) is 15.7. The molecule has 1 unspecified atom stereocenters. The number of carbonyl (C=O) groups excluding carboxylic acids is 1. The number of fused-ring (bicyclic) bond motifs is 1. The Balaban J connectivity index is 1.88. The fourth-order valence-electron chi connectivity index (χ4n) is 5.74. The molecule has 3 rings (SSSR count). The first-order valence-corrected chi connectivity index (χ1v) is 10.3. The first kappa shape index (κ1) is 17.7. The van der Waals surface area contributed by atoms with Crippen LogP contribution in [-0.4, -0.2) is 5.78 Å². The molecule has 0 saturated heterocycles. The van der Waals surface area contributed by atoms with E-state index in [0.29, 0.717) is 5.41 Å². The zero-order valence-corrected chi connectivity index (χ0v) is 15.7. The van der Waals surface area contributed by atoms with E-state index in [-0.39, 0.29) is 5.78 Å². The van der Waals surface area contributed by atoms with Crippen molar-refractivity contribution in [1.29, 1.82) is 0 Å². The van der Waals surface area contributed by atoms with Crippen molar-refractivity contribution >= 4 is 5.78 Å². The largest absolute Gasteiger partial charge is 0.295 e. The lowest BCUT2D eigenvalue weighted by atomic mass is 9.51. The van der Waals surface area contributed by atoms with E-state index < -0.39 is 0 Å². The maximum absolute atomic E-state index is 11.6. The van der Waals surface area contributed by atoms with Gasteiger partial charge in [-0.05, 0) is 61.8 Å². The molecule has 24 heavy (non-hydrogen) atoms. The predicted molar refractivity (Wildman–Crippen MR) is 102 cm³/mol. The Morgan fingerprint density at radius 2 is 1.79 bits per heavy atom.